The second kappa shape index (κ2) is 8.04. The fourth-order valence-electron chi connectivity index (χ4n) is 4.30. The van der Waals surface area contributed by atoms with Gasteiger partial charge < -0.3 is 0 Å². The second-order valence-electron chi connectivity index (χ2n) is 8.01. The number of nitro groups is 1. The fourth-order valence-corrected chi connectivity index (χ4v) is 4.30. The largest absolute Gasteiger partial charge is 0.295 e. The molecule has 2 heterocycles. The van der Waals surface area contributed by atoms with Crippen LogP contribution < -0.4 is 9.91 Å². The van der Waals surface area contributed by atoms with Crippen molar-refractivity contribution in [1.82, 2.24) is 0 Å². The normalized spacial score (nSPS) is 19.3. The molecule has 0 radical (unpaired) electrons. The van der Waals surface area contributed by atoms with Gasteiger partial charge in [-0.2, -0.15) is 5.10 Å². The Hall–Kier alpha value is -4.66. The van der Waals surface area contributed by atoms with Gasteiger partial charge in [0.25, 0.3) is 11.6 Å². The summed E-state index contributed by atoms with van der Waals surface area (Å²) < 4.78 is 0. The highest BCUT2D eigenvalue weighted by Crippen LogP contribution is 2.39. The molecule has 0 saturated carbocycles. The van der Waals surface area contributed by atoms with Crippen molar-refractivity contribution in [1.29, 1.82) is 0 Å². The van der Waals surface area contributed by atoms with Crippen molar-refractivity contribution in [3.63, 3.8) is 0 Å². The average molecular weight is 454 g/mol. The number of rotatable bonds is 5. The molecule has 3 aromatic rings. The van der Waals surface area contributed by atoms with E-state index < -0.39 is 28.7 Å². The summed E-state index contributed by atoms with van der Waals surface area (Å²) in [5.41, 5.74) is 2.29. The molecule has 2 aliphatic rings. The third kappa shape index (κ3) is 3.34. The van der Waals surface area contributed by atoms with Gasteiger partial charge in [-0.15, -0.1) is 0 Å². The van der Waals surface area contributed by atoms with E-state index in [0.29, 0.717) is 28.2 Å². The lowest BCUT2D eigenvalue weighted by Gasteiger charge is -2.22. The Balaban J connectivity index is 1.58. The van der Waals surface area contributed by atoms with E-state index in [-0.39, 0.29) is 11.5 Å². The number of anilines is 2. The lowest BCUT2D eigenvalue weighted by atomic mass is 9.92. The molecule has 2 amide bonds. The number of Topliss-reactive ketones (excluding diaryl/α,β-unsaturated/α-hetero) is 1. The first-order chi connectivity index (χ1) is 16.4. The highest BCUT2D eigenvalue weighted by molar-refractivity contribution is 6.34. The maximum Gasteiger partial charge on any atom is 0.269 e. The van der Waals surface area contributed by atoms with Crippen LogP contribution in [-0.4, -0.2) is 34.3 Å². The first-order valence-corrected chi connectivity index (χ1v) is 10.5. The monoisotopic (exact) mass is 454 g/mol. The highest BCUT2D eigenvalue weighted by atomic mass is 16.6. The molecule has 1 fully saturated rings. The molecule has 0 aliphatic carbocycles. The van der Waals surface area contributed by atoms with E-state index in [9.17, 15) is 24.5 Å². The van der Waals surface area contributed by atoms with Crippen LogP contribution in [-0.2, 0) is 9.59 Å². The molecule has 34 heavy (non-hydrogen) atoms. The van der Waals surface area contributed by atoms with Crippen LogP contribution in [0.2, 0.25) is 0 Å². The van der Waals surface area contributed by atoms with E-state index >= 15 is 0 Å². The molecular weight excluding hydrogens is 436 g/mol. The summed E-state index contributed by atoms with van der Waals surface area (Å²) >= 11 is 0. The van der Waals surface area contributed by atoms with Crippen LogP contribution in [0, 0.1) is 16.0 Å². The molecule has 9 heteroatoms. The summed E-state index contributed by atoms with van der Waals surface area (Å²) in [4.78, 5) is 50.4. The predicted molar refractivity (Wildman–Crippen MR) is 125 cm³/mol. The van der Waals surface area contributed by atoms with E-state index in [2.05, 4.69) is 5.10 Å². The molecule has 0 aromatic heterocycles. The number of hydrogen-bond donors (Lipinski definition) is 0. The molecule has 2 aliphatic heterocycles. The molecule has 1 saturated heterocycles. The SMILES string of the molecule is CC(=O)c1ccc(N2C(=O)C3C(c4ccc([N+](=O)[O-])cc4)=NN(c4ccccc4)C3C2=O)cc1. The number of ketones is 1. The van der Waals surface area contributed by atoms with Crippen LogP contribution in [0.4, 0.5) is 17.1 Å². The number of nitro benzene ring substituents is 1. The summed E-state index contributed by atoms with van der Waals surface area (Å²) in [6.07, 6.45) is 0. The molecule has 2 atom stereocenters. The number of imide groups is 1. The number of amides is 2. The number of non-ortho nitro benzene ring substituents is 1. The molecule has 9 nitrogen and oxygen atoms in total. The molecule has 3 aromatic carbocycles. The molecular formula is C25H18N4O5. The van der Waals surface area contributed by atoms with E-state index in [1.54, 1.807) is 36.4 Å². The van der Waals surface area contributed by atoms with Crippen molar-refractivity contribution in [2.75, 3.05) is 9.91 Å². The van der Waals surface area contributed by atoms with Crippen LogP contribution in [0.3, 0.4) is 0 Å². The number of hydrazone groups is 1. The van der Waals surface area contributed by atoms with Gasteiger partial charge in [-0.25, -0.2) is 4.90 Å². The Labute approximate surface area is 194 Å². The maximum absolute atomic E-state index is 13.6. The standard InChI is InChI=1S/C25H18N4O5/c1-15(30)16-7-11-18(12-8-16)27-24(31)21-22(17-9-13-20(14-10-17)29(33)34)26-28(23(21)25(27)32)19-5-3-2-4-6-19/h2-14,21,23H,1H3. The first-order valence-electron chi connectivity index (χ1n) is 10.5. The van der Waals surface area contributed by atoms with Crippen molar-refractivity contribution in [3.8, 4) is 0 Å². The minimum atomic E-state index is -0.896. The number of carbonyl (C=O) groups excluding carboxylic acids is 3. The summed E-state index contributed by atoms with van der Waals surface area (Å²) in [6.45, 7) is 1.44. The number of fused-ring (bicyclic) bond motifs is 1. The summed E-state index contributed by atoms with van der Waals surface area (Å²) in [5.74, 6) is -1.89. The van der Waals surface area contributed by atoms with Crippen molar-refractivity contribution >= 4 is 40.4 Å². The summed E-state index contributed by atoms with van der Waals surface area (Å²) in [7, 11) is 0. The number of benzene rings is 3. The predicted octanol–water partition coefficient (Wildman–Crippen LogP) is 3.58. The lowest BCUT2D eigenvalue weighted by molar-refractivity contribution is -0.384. The maximum atomic E-state index is 13.6. The number of carbonyl (C=O) groups is 3. The number of hydrogen-bond acceptors (Lipinski definition) is 7. The van der Waals surface area contributed by atoms with Crippen molar-refractivity contribution < 1.29 is 19.3 Å². The Morgan fingerprint density at radius 2 is 1.53 bits per heavy atom. The van der Waals surface area contributed by atoms with E-state index in [1.165, 1.54) is 36.2 Å². The quantitative estimate of drug-likeness (QED) is 0.252. The second-order valence-corrected chi connectivity index (χ2v) is 8.01. The minimum absolute atomic E-state index is 0.0835. The molecule has 0 spiro atoms. The summed E-state index contributed by atoms with van der Waals surface area (Å²) in [6, 6.07) is 20.2. The topological polar surface area (TPSA) is 113 Å². The zero-order chi connectivity index (χ0) is 24.0. The van der Waals surface area contributed by atoms with Crippen LogP contribution in [0.1, 0.15) is 22.8 Å². The van der Waals surface area contributed by atoms with Gasteiger partial charge in [0.1, 0.15) is 12.0 Å². The Bertz CT molecular complexity index is 1350. The smallest absolute Gasteiger partial charge is 0.269 e. The third-order valence-corrected chi connectivity index (χ3v) is 5.98. The van der Waals surface area contributed by atoms with E-state index in [1.807, 2.05) is 18.2 Å². The number of para-hydroxylation sites is 1. The van der Waals surface area contributed by atoms with Crippen LogP contribution >= 0.6 is 0 Å². The van der Waals surface area contributed by atoms with Gasteiger partial charge in [0.15, 0.2) is 5.78 Å². The van der Waals surface area contributed by atoms with Crippen LogP contribution in [0.15, 0.2) is 84.0 Å². The van der Waals surface area contributed by atoms with Crippen LogP contribution in [0.25, 0.3) is 0 Å². The molecule has 0 bridgehead atoms. The van der Waals surface area contributed by atoms with Gasteiger partial charge in [-0.3, -0.25) is 29.5 Å². The number of nitrogens with zero attached hydrogens (tertiary/aromatic N) is 4. The zero-order valence-electron chi connectivity index (χ0n) is 18.0. The van der Waals surface area contributed by atoms with Crippen molar-refractivity contribution in [2.45, 2.75) is 13.0 Å². The van der Waals surface area contributed by atoms with Gasteiger partial charge in [-0.1, -0.05) is 18.2 Å². The van der Waals surface area contributed by atoms with Crippen molar-refractivity contribution in [3.05, 3.63) is 100 Å². The average Bonchev–Trinajstić information content (AvgIpc) is 3.36. The van der Waals surface area contributed by atoms with Gasteiger partial charge >= 0.3 is 0 Å². The van der Waals surface area contributed by atoms with Crippen LogP contribution in [0.5, 0.6) is 0 Å². The van der Waals surface area contributed by atoms with Crippen molar-refractivity contribution in [2.24, 2.45) is 11.0 Å². The third-order valence-electron chi connectivity index (χ3n) is 5.98. The fraction of sp³-hybridized carbons (Fsp3) is 0.120. The Morgan fingerprint density at radius 3 is 2.12 bits per heavy atom. The summed E-state index contributed by atoms with van der Waals surface area (Å²) in [5, 5.41) is 17.2. The highest BCUT2D eigenvalue weighted by Gasteiger charge is 2.57. The van der Waals surface area contributed by atoms with E-state index in [0.717, 1.165) is 4.90 Å². The van der Waals surface area contributed by atoms with E-state index in [4.69, 9.17) is 0 Å². The van der Waals surface area contributed by atoms with Gasteiger partial charge in [0, 0.05) is 17.7 Å². The van der Waals surface area contributed by atoms with Gasteiger partial charge in [0.05, 0.1) is 22.0 Å². The zero-order valence-corrected chi connectivity index (χ0v) is 18.0. The molecule has 168 valence electrons. The Morgan fingerprint density at radius 1 is 0.882 bits per heavy atom. The lowest BCUT2D eigenvalue weighted by Crippen LogP contribution is -2.39. The molecule has 0 N–H and O–H groups in total. The molecule has 2 unspecified atom stereocenters. The van der Waals surface area contributed by atoms with Gasteiger partial charge in [0.2, 0.25) is 5.91 Å². The first kappa shape index (κ1) is 21.2. The molecule has 5 rings (SSSR count). The van der Waals surface area contributed by atoms with Gasteiger partial charge in [-0.05, 0) is 61.0 Å². The minimum Gasteiger partial charge on any atom is -0.295 e. The Kier molecular flexibility index (Phi) is 5.01.